The zero-order valence-corrected chi connectivity index (χ0v) is 11.1. The number of aryl methyl sites for hydroxylation is 2. The molecule has 0 atom stereocenters. The minimum Gasteiger partial charge on any atom is -0.335 e. The molecule has 2 heterocycles. The number of rotatable bonds is 2. The largest absolute Gasteiger partial charge is 0.335 e. The van der Waals surface area contributed by atoms with Crippen LogP contribution in [0.4, 0.5) is 0 Å². The second-order valence-electron chi connectivity index (χ2n) is 4.71. The normalized spacial score (nSPS) is 11.1. The van der Waals surface area contributed by atoms with Gasteiger partial charge in [0.05, 0.1) is 5.69 Å². The Labute approximate surface area is 111 Å². The average Bonchev–Trinajstić information content (AvgIpc) is 2.76. The Morgan fingerprint density at radius 2 is 2.00 bits per heavy atom. The van der Waals surface area contributed by atoms with Gasteiger partial charge in [0.15, 0.2) is 0 Å². The van der Waals surface area contributed by atoms with Crippen molar-refractivity contribution in [2.45, 2.75) is 13.5 Å². The second kappa shape index (κ2) is 4.48. The van der Waals surface area contributed by atoms with Gasteiger partial charge in [0.25, 0.3) is 0 Å². The first kappa shape index (κ1) is 11.9. The average molecular weight is 252 g/mol. The van der Waals surface area contributed by atoms with Gasteiger partial charge in [0.2, 0.25) is 0 Å². The smallest absolute Gasteiger partial charge is 0.144 e. The molecule has 0 aliphatic rings. The van der Waals surface area contributed by atoms with Crippen molar-refractivity contribution in [3.05, 3.63) is 47.9 Å². The Balaban J connectivity index is 2.39. The van der Waals surface area contributed by atoms with Crippen LogP contribution in [0.25, 0.3) is 22.3 Å². The first-order chi connectivity index (χ1) is 9.22. The van der Waals surface area contributed by atoms with E-state index in [1.807, 2.05) is 29.9 Å². The fraction of sp³-hybridized carbons (Fsp3) is 0.200. The van der Waals surface area contributed by atoms with E-state index >= 15 is 0 Å². The molecule has 0 saturated carbocycles. The molecule has 2 N–H and O–H groups in total. The molecule has 0 bridgehead atoms. The molecule has 96 valence electrons. The molecular weight excluding hydrogens is 236 g/mol. The van der Waals surface area contributed by atoms with Gasteiger partial charge in [-0.05, 0) is 18.1 Å². The third-order valence-electron chi connectivity index (χ3n) is 3.45. The van der Waals surface area contributed by atoms with Gasteiger partial charge in [0.1, 0.15) is 12.0 Å². The number of nitrogens with two attached hydrogens (primary N) is 1. The Morgan fingerprint density at radius 1 is 1.21 bits per heavy atom. The van der Waals surface area contributed by atoms with Crippen molar-refractivity contribution >= 4 is 11.0 Å². The number of hydrogen-bond donors (Lipinski definition) is 1. The van der Waals surface area contributed by atoms with Crippen molar-refractivity contribution in [3.63, 3.8) is 0 Å². The zero-order valence-electron chi connectivity index (χ0n) is 11.1. The van der Waals surface area contributed by atoms with Gasteiger partial charge in [-0.15, -0.1) is 0 Å². The quantitative estimate of drug-likeness (QED) is 0.762. The molecule has 0 amide bonds. The lowest BCUT2D eigenvalue weighted by molar-refractivity contribution is 0.930. The highest BCUT2D eigenvalue weighted by Gasteiger charge is 2.14. The summed E-state index contributed by atoms with van der Waals surface area (Å²) in [6.45, 7) is 2.58. The maximum Gasteiger partial charge on any atom is 0.144 e. The molecule has 4 nitrogen and oxygen atoms in total. The standard InChI is InChI=1S/C15H16N4/c1-10-5-3-4-6-12(10)14-13-11(7-16)8-19(2)15(13)18-9-17-14/h3-6,8-9H,7,16H2,1-2H3. The molecule has 0 unspecified atom stereocenters. The molecular formula is C15H16N4. The van der Waals surface area contributed by atoms with Gasteiger partial charge in [-0.25, -0.2) is 9.97 Å². The summed E-state index contributed by atoms with van der Waals surface area (Å²) in [6.07, 6.45) is 3.64. The Morgan fingerprint density at radius 3 is 2.74 bits per heavy atom. The van der Waals surface area contributed by atoms with Gasteiger partial charge >= 0.3 is 0 Å². The third kappa shape index (κ3) is 1.81. The van der Waals surface area contributed by atoms with Crippen LogP contribution in [0, 0.1) is 6.92 Å². The second-order valence-corrected chi connectivity index (χ2v) is 4.71. The molecule has 0 fully saturated rings. The van der Waals surface area contributed by atoms with Crippen LogP contribution in [-0.4, -0.2) is 14.5 Å². The maximum atomic E-state index is 5.85. The number of fused-ring (bicyclic) bond motifs is 1. The minimum absolute atomic E-state index is 0.490. The van der Waals surface area contributed by atoms with Crippen molar-refractivity contribution in [3.8, 4) is 11.3 Å². The van der Waals surface area contributed by atoms with Crippen molar-refractivity contribution in [1.82, 2.24) is 14.5 Å². The molecule has 0 radical (unpaired) electrons. The molecule has 3 aromatic rings. The fourth-order valence-corrected chi connectivity index (χ4v) is 2.50. The predicted molar refractivity (Wildman–Crippen MR) is 76.6 cm³/mol. The van der Waals surface area contributed by atoms with Crippen molar-refractivity contribution in [1.29, 1.82) is 0 Å². The van der Waals surface area contributed by atoms with Gasteiger partial charge in [0, 0.05) is 30.7 Å². The lowest BCUT2D eigenvalue weighted by atomic mass is 10.0. The highest BCUT2D eigenvalue weighted by molar-refractivity contribution is 5.94. The number of hydrogen-bond acceptors (Lipinski definition) is 3. The summed E-state index contributed by atoms with van der Waals surface area (Å²) in [6, 6.07) is 8.24. The van der Waals surface area contributed by atoms with E-state index < -0.39 is 0 Å². The molecule has 1 aromatic carbocycles. The minimum atomic E-state index is 0.490. The molecule has 4 heteroatoms. The van der Waals surface area contributed by atoms with E-state index in [0.29, 0.717) is 6.54 Å². The van der Waals surface area contributed by atoms with Crippen LogP contribution >= 0.6 is 0 Å². The van der Waals surface area contributed by atoms with Crippen LogP contribution in [0.1, 0.15) is 11.1 Å². The van der Waals surface area contributed by atoms with Crippen LogP contribution < -0.4 is 5.73 Å². The summed E-state index contributed by atoms with van der Waals surface area (Å²) < 4.78 is 2.00. The summed E-state index contributed by atoms with van der Waals surface area (Å²) in [5.74, 6) is 0. The van der Waals surface area contributed by atoms with Crippen molar-refractivity contribution in [2.24, 2.45) is 12.8 Å². The molecule has 2 aromatic heterocycles. The summed E-state index contributed by atoms with van der Waals surface area (Å²) in [4.78, 5) is 8.84. The Bertz CT molecular complexity index is 743. The summed E-state index contributed by atoms with van der Waals surface area (Å²) in [5.41, 5.74) is 11.2. The third-order valence-corrected chi connectivity index (χ3v) is 3.45. The van der Waals surface area contributed by atoms with E-state index in [1.165, 1.54) is 5.56 Å². The zero-order chi connectivity index (χ0) is 13.4. The van der Waals surface area contributed by atoms with Crippen LogP contribution in [0.3, 0.4) is 0 Å². The van der Waals surface area contributed by atoms with Crippen molar-refractivity contribution in [2.75, 3.05) is 0 Å². The van der Waals surface area contributed by atoms with E-state index in [2.05, 4.69) is 29.0 Å². The lowest BCUT2D eigenvalue weighted by Gasteiger charge is -2.07. The first-order valence-corrected chi connectivity index (χ1v) is 6.27. The molecule has 0 saturated heterocycles. The number of nitrogens with zero attached hydrogens (tertiary/aromatic N) is 3. The fourth-order valence-electron chi connectivity index (χ4n) is 2.50. The highest BCUT2D eigenvalue weighted by atomic mass is 15.0. The van der Waals surface area contributed by atoms with Crippen LogP contribution in [0.5, 0.6) is 0 Å². The van der Waals surface area contributed by atoms with Gasteiger partial charge < -0.3 is 10.3 Å². The Hall–Kier alpha value is -2.20. The molecule has 19 heavy (non-hydrogen) atoms. The van der Waals surface area contributed by atoms with Crippen LogP contribution in [0.2, 0.25) is 0 Å². The van der Waals surface area contributed by atoms with E-state index in [-0.39, 0.29) is 0 Å². The Kier molecular flexibility index (Phi) is 2.80. The summed E-state index contributed by atoms with van der Waals surface area (Å²) in [5, 5.41) is 1.06. The summed E-state index contributed by atoms with van der Waals surface area (Å²) in [7, 11) is 1.98. The number of benzene rings is 1. The van der Waals surface area contributed by atoms with Gasteiger partial charge in [-0.3, -0.25) is 0 Å². The van der Waals surface area contributed by atoms with Gasteiger partial charge in [-0.1, -0.05) is 24.3 Å². The number of aromatic nitrogens is 3. The SMILES string of the molecule is Cc1ccccc1-c1ncnc2c1c(CN)cn2C. The molecule has 0 aliphatic carbocycles. The van der Waals surface area contributed by atoms with Crippen LogP contribution in [0.15, 0.2) is 36.8 Å². The monoisotopic (exact) mass is 252 g/mol. The van der Waals surface area contributed by atoms with E-state index in [9.17, 15) is 0 Å². The maximum absolute atomic E-state index is 5.85. The van der Waals surface area contributed by atoms with Gasteiger partial charge in [-0.2, -0.15) is 0 Å². The predicted octanol–water partition coefficient (Wildman–Crippen LogP) is 2.40. The molecule has 0 aliphatic heterocycles. The molecule has 0 spiro atoms. The van der Waals surface area contributed by atoms with Crippen LogP contribution in [-0.2, 0) is 13.6 Å². The highest BCUT2D eigenvalue weighted by Crippen LogP contribution is 2.30. The lowest BCUT2D eigenvalue weighted by Crippen LogP contribution is -1.97. The van der Waals surface area contributed by atoms with Crippen molar-refractivity contribution < 1.29 is 0 Å². The van der Waals surface area contributed by atoms with E-state index in [1.54, 1.807) is 6.33 Å². The van der Waals surface area contributed by atoms with E-state index in [0.717, 1.165) is 27.9 Å². The topological polar surface area (TPSA) is 56.7 Å². The first-order valence-electron chi connectivity index (χ1n) is 6.27. The van der Waals surface area contributed by atoms with E-state index in [4.69, 9.17) is 5.73 Å². The summed E-state index contributed by atoms with van der Waals surface area (Å²) >= 11 is 0. The molecule has 3 rings (SSSR count).